The number of methoxy groups -OCH3 is 2. The molecule has 2 aliphatic rings. The van der Waals surface area contributed by atoms with Crippen molar-refractivity contribution in [3.05, 3.63) is 47.2 Å². The normalized spacial score (nSPS) is 25.3. The van der Waals surface area contributed by atoms with Crippen molar-refractivity contribution in [2.45, 2.75) is 32.1 Å². The Morgan fingerprint density at radius 2 is 1.97 bits per heavy atom. The Morgan fingerprint density at radius 1 is 1.21 bits per heavy atom. The smallest absolute Gasteiger partial charge is 0.220 e. The molecule has 29 heavy (non-hydrogen) atoms. The molecule has 2 aliphatic carbocycles. The van der Waals surface area contributed by atoms with Crippen LogP contribution in [0, 0.1) is 23.2 Å². The van der Waals surface area contributed by atoms with Crippen LogP contribution in [0.5, 0.6) is 11.6 Å². The molecule has 0 spiro atoms. The zero-order valence-corrected chi connectivity index (χ0v) is 17.0. The Labute approximate surface area is 170 Å². The van der Waals surface area contributed by atoms with Gasteiger partial charge in [0, 0.05) is 16.9 Å². The van der Waals surface area contributed by atoms with Crippen LogP contribution in [0.25, 0.3) is 11.4 Å². The first-order valence-corrected chi connectivity index (χ1v) is 9.70. The summed E-state index contributed by atoms with van der Waals surface area (Å²) < 4.78 is 11.1. The summed E-state index contributed by atoms with van der Waals surface area (Å²) >= 11 is 0. The summed E-state index contributed by atoms with van der Waals surface area (Å²) in [6, 6.07) is 9.66. The summed E-state index contributed by atoms with van der Waals surface area (Å²) in [6.07, 6.45) is 3.36. The predicted molar refractivity (Wildman–Crippen MR) is 108 cm³/mol. The van der Waals surface area contributed by atoms with Crippen LogP contribution in [-0.4, -0.2) is 30.0 Å². The number of carbonyl (C=O) groups is 1. The second-order valence-electron chi connectivity index (χ2n) is 7.83. The quantitative estimate of drug-likeness (QED) is 0.797. The van der Waals surface area contributed by atoms with E-state index in [1.54, 1.807) is 20.3 Å². The van der Waals surface area contributed by atoms with E-state index in [0.717, 1.165) is 29.7 Å². The van der Waals surface area contributed by atoms with E-state index in [9.17, 15) is 10.1 Å². The van der Waals surface area contributed by atoms with Crippen molar-refractivity contribution >= 4 is 5.78 Å². The van der Waals surface area contributed by atoms with Crippen molar-refractivity contribution < 1.29 is 14.3 Å². The lowest BCUT2D eigenvalue weighted by Crippen LogP contribution is -2.46. The zero-order valence-electron chi connectivity index (χ0n) is 17.0. The van der Waals surface area contributed by atoms with Crippen molar-refractivity contribution in [1.82, 2.24) is 9.97 Å². The molecule has 0 saturated heterocycles. The number of nitriles is 1. The summed E-state index contributed by atoms with van der Waals surface area (Å²) in [5.41, 5.74) is 2.21. The monoisotopic (exact) mass is 389 g/mol. The summed E-state index contributed by atoms with van der Waals surface area (Å²) in [7, 11) is 3.22. The molecule has 0 N–H and O–H groups in total. The summed E-state index contributed by atoms with van der Waals surface area (Å²) in [4.78, 5) is 22.2. The molecule has 0 saturated carbocycles. The van der Waals surface area contributed by atoms with E-state index in [4.69, 9.17) is 14.5 Å². The van der Waals surface area contributed by atoms with Crippen LogP contribution in [0.4, 0.5) is 0 Å². The molecule has 0 amide bonds. The third-order valence-electron chi connectivity index (χ3n) is 6.34. The van der Waals surface area contributed by atoms with Gasteiger partial charge in [-0.25, -0.2) is 4.98 Å². The molecule has 6 heteroatoms. The van der Waals surface area contributed by atoms with Gasteiger partial charge in [0.25, 0.3) is 0 Å². The minimum absolute atomic E-state index is 0.0738. The number of Topliss-reactive ketones (excluding diaryl/α,β-unsaturated/α-hetero) is 1. The van der Waals surface area contributed by atoms with Gasteiger partial charge < -0.3 is 9.47 Å². The number of benzene rings is 1. The minimum atomic E-state index is -0.543. The van der Waals surface area contributed by atoms with E-state index < -0.39 is 5.41 Å². The van der Waals surface area contributed by atoms with Gasteiger partial charge in [-0.3, -0.25) is 4.79 Å². The average molecular weight is 389 g/mol. The highest BCUT2D eigenvalue weighted by Crippen LogP contribution is 2.51. The number of ether oxygens (including phenoxy) is 2. The van der Waals surface area contributed by atoms with Crippen LogP contribution >= 0.6 is 0 Å². The zero-order chi connectivity index (χ0) is 20.8. The molecule has 3 atom stereocenters. The number of hydrogen-bond donors (Lipinski definition) is 0. The van der Waals surface area contributed by atoms with Gasteiger partial charge in [-0.1, -0.05) is 32.1 Å². The number of allylic oxidation sites excluding steroid dienone is 2. The van der Waals surface area contributed by atoms with Gasteiger partial charge in [-0.05, 0) is 30.9 Å². The maximum Gasteiger partial charge on any atom is 0.220 e. The summed E-state index contributed by atoms with van der Waals surface area (Å²) in [5, 5.41) is 9.52. The average Bonchev–Trinajstić information content (AvgIpc) is 2.75. The lowest BCUT2D eigenvalue weighted by atomic mass is 9.58. The van der Waals surface area contributed by atoms with Gasteiger partial charge in [0.15, 0.2) is 11.6 Å². The highest BCUT2D eigenvalue weighted by Gasteiger charge is 2.49. The molecule has 0 unspecified atom stereocenters. The number of aromatic nitrogens is 2. The fourth-order valence-electron chi connectivity index (χ4n) is 4.86. The van der Waals surface area contributed by atoms with Crippen LogP contribution in [-0.2, 0) is 16.6 Å². The molecule has 1 aromatic carbocycles. The van der Waals surface area contributed by atoms with Crippen molar-refractivity contribution in [1.29, 1.82) is 5.26 Å². The number of rotatable bonds is 3. The van der Waals surface area contributed by atoms with Gasteiger partial charge in [0.05, 0.1) is 31.1 Å². The van der Waals surface area contributed by atoms with E-state index in [2.05, 4.69) is 18.0 Å². The van der Waals surface area contributed by atoms with E-state index in [0.29, 0.717) is 17.5 Å². The van der Waals surface area contributed by atoms with Crippen LogP contribution in [0.3, 0.4) is 0 Å². The molecule has 4 rings (SSSR count). The van der Waals surface area contributed by atoms with Crippen molar-refractivity contribution in [3.8, 4) is 29.1 Å². The van der Waals surface area contributed by atoms with Gasteiger partial charge in [0.2, 0.25) is 5.88 Å². The first-order valence-electron chi connectivity index (χ1n) is 9.70. The fourth-order valence-corrected chi connectivity index (χ4v) is 4.86. The molecule has 0 bridgehead atoms. The van der Waals surface area contributed by atoms with E-state index >= 15 is 0 Å². The van der Waals surface area contributed by atoms with Crippen molar-refractivity contribution in [2.24, 2.45) is 11.8 Å². The van der Waals surface area contributed by atoms with Gasteiger partial charge in [-0.2, -0.15) is 10.2 Å². The lowest BCUT2D eigenvalue weighted by molar-refractivity contribution is -0.121. The van der Waals surface area contributed by atoms with E-state index in [1.807, 2.05) is 31.2 Å². The molecule has 0 aliphatic heterocycles. The summed E-state index contributed by atoms with van der Waals surface area (Å²) in [5.74, 6) is 1.48. The highest BCUT2D eigenvalue weighted by atomic mass is 16.5. The number of ketones is 1. The molecular weight excluding hydrogens is 366 g/mol. The third kappa shape index (κ3) is 2.80. The predicted octanol–water partition coefficient (Wildman–Crippen LogP) is 3.65. The number of hydrogen-bond acceptors (Lipinski definition) is 6. The summed E-state index contributed by atoms with van der Waals surface area (Å²) in [6.45, 7) is 3.98. The standard InChI is InChI=1S/C23H23N3O3/c1-13-17-10-9-16-20(23(17,2)11-14(12-24)19(13)27)25-21(26-22(16)29-4)15-7-5-6-8-18(15)28-3/h5-8,11,13,17H,9-10H2,1-4H3/t13-,17-,23-/m0/s1. The van der Waals surface area contributed by atoms with Crippen LogP contribution in [0.2, 0.25) is 0 Å². The van der Waals surface area contributed by atoms with Gasteiger partial charge in [0.1, 0.15) is 11.8 Å². The maximum absolute atomic E-state index is 12.6. The second kappa shape index (κ2) is 7.00. The molecule has 6 nitrogen and oxygen atoms in total. The molecule has 0 radical (unpaired) electrons. The van der Waals surface area contributed by atoms with Gasteiger partial charge in [-0.15, -0.1) is 0 Å². The molecule has 1 aromatic heterocycles. The Hall–Kier alpha value is -3.20. The van der Waals surface area contributed by atoms with Crippen LogP contribution < -0.4 is 9.47 Å². The molecule has 1 heterocycles. The number of nitrogens with zero attached hydrogens (tertiary/aromatic N) is 3. The first-order chi connectivity index (χ1) is 13.9. The Balaban J connectivity index is 1.99. The fraction of sp³-hybridized carbons (Fsp3) is 0.391. The minimum Gasteiger partial charge on any atom is -0.496 e. The van der Waals surface area contributed by atoms with Crippen molar-refractivity contribution in [3.63, 3.8) is 0 Å². The SMILES string of the molecule is COc1ccccc1-c1nc(OC)c2c(n1)[C@@]1(C)C=C(C#N)C(=O)[C@@H](C)[C@@H]1CC2. The lowest BCUT2D eigenvalue weighted by Gasteiger charge is -2.45. The Kier molecular flexibility index (Phi) is 4.62. The molecular formula is C23H23N3O3. The van der Waals surface area contributed by atoms with E-state index in [-0.39, 0.29) is 23.2 Å². The largest absolute Gasteiger partial charge is 0.496 e. The Morgan fingerprint density at radius 3 is 2.66 bits per heavy atom. The Bertz CT molecular complexity index is 1070. The molecule has 2 aromatic rings. The maximum atomic E-state index is 12.6. The second-order valence-corrected chi connectivity index (χ2v) is 7.83. The molecule has 0 fully saturated rings. The van der Waals surface area contributed by atoms with Crippen molar-refractivity contribution in [2.75, 3.05) is 14.2 Å². The van der Waals surface area contributed by atoms with E-state index in [1.165, 1.54) is 0 Å². The number of para-hydroxylation sites is 1. The van der Waals surface area contributed by atoms with Gasteiger partial charge >= 0.3 is 0 Å². The molecule has 148 valence electrons. The third-order valence-corrected chi connectivity index (χ3v) is 6.34. The number of carbonyl (C=O) groups excluding carboxylic acids is 1. The highest BCUT2D eigenvalue weighted by molar-refractivity contribution is 6.02. The number of fused-ring (bicyclic) bond motifs is 3. The first kappa shape index (κ1) is 19.1. The van der Waals surface area contributed by atoms with Crippen LogP contribution in [0.15, 0.2) is 35.9 Å². The van der Waals surface area contributed by atoms with Crippen LogP contribution in [0.1, 0.15) is 31.5 Å². The topological polar surface area (TPSA) is 85.1 Å².